The number of halogens is 1. The van der Waals surface area contributed by atoms with Crippen LogP contribution in [0.15, 0.2) is 18.2 Å². The highest BCUT2D eigenvalue weighted by molar-refractivity contribution is 5.51. The minimum Gasteiger partial charge on any atom is -0.382 e. The highest BCUT2D eigenvalue weighted by Crippen LogP contribution is 2.25. The van der Waals surface area contributed by atoms with Crippen molar-refractivity contribution in [2.24, 2.45) is 5.41 Å². The number of nitrogens with one attached hydrogen (secondary N) is 1. The molecule has 0 bridgehead atoms. The minimum atomic E-state index is -0.221. The van der Waals surface area contributed by atoms with E-state index in [4.69, 9.17) is 5.26 Å². The predicted octanol–water partition coefficient (Wildman–Crippen LogP) is 3.88. The summed E-state index contributed by atoms with van der Waals surface area (Å²) in [6.07, 6.45) is 1.34. The summed E-state index contributed by atoms with van der Waals surface area (Å²) < 4.78 is 13.6. The van der Waals surface area contributed by atoms with E-state index in [1.54, 1.807) is 6.07 Å². The topological polar surface area (TPSA) is 35.8 Å². The van der Waals surface area contributed by atoms with E-state index in [-0.39, 0.29) is 11.2 Å². The van der Waals surface area contributed by atoms with Gasteiger partial charge in [0.1, 0.15) is 5.82 Å². The summed E-state index contributed by atoms with van der Waals surface area (Å²) in [5, 5.41) is 11.7. The second kappa shape index (κ2) is 5.67. The predicted molar refractivity (Wildman–Crippen MR) is 68.3 cm³/mol. The van der Waals surface area contributed by atoms with Gasteiger partial charge in [-0.1, -0.05) is 26.0 Å². The van der Waals surface area contributed by atoms with E-state index in [1.807, 2.05) is 13.0 Å². The third kappa shape index (κ3) is 4.07. The summed E-state index contributed by atoms with van der Waals surface area (Å²) in [7, 11) is 0. The molecule has 0 spiro atoms. The molecule has 0 fully saturated rings. The maximum absolute atomic E-state index is 13.6. The summed E-state index contributed by atoms with van der Waals surface area (Å²) in [6.45, 7) is 6.70. The van der Waals surface area contributed by atoms with Crippen LogP contribution in [0.5, 0.6) is 0 Å². The summed E-state index contributed by atoms with van der Waals surface area (Å²) in [5.41, 5.74) is 1.46. The molecule has 0 unspecified atom stereocenters. The molecule has 0 saturated heterocycles. The van der Waals surface area contributed by atoms with Crippen LogP contribution >= 0.6 is 0 Å². The lowest BCUT2D eigenvalue weighted by Gasteiger charge is -2.25. The monoisotopic (exact) mass is 234 g/mol. The molecule has 0 heterocycles. The largest absolute Gasteiger partial charge is 0.382 e. The van der Waals surface area contributed by atoms with Gasteiger partial charge < -0.3 is 5.32 Å². The standard InChI is InChI=1S/C14H19FN2/c1-11-6-4-7-12(15)13(11)17-10-14(2,3)8-5-9-16/h4,6-7,17H,5,8,10H2,1-3H3. The molecule has 17 heavy (non-hydrogen) atoms. The fourth-order valence-electron chi connectivity index (χ4n) is 1.67. The number of hydrogen-bond donors (Lipinski definition) is 1. The maximum atomic E-state index is 13.6. The summed E-state index contributed by atoms with van der Waals surface area (Å²) in [4.78, 5) is 0. The summed E-state index contributed by atoms with van der Waals surface area (Å²) >= 11 is 0. The van der Waals surface area contributed by atoms with Crippen LogP contribution in [0.3, 0.4) is 0 Å². The molecular weight excluding hydrogens is 215 g/mol. The molecule has 0 amide bonds. The van der Waals surface area contributed by atoms with Gasteiger partial charge in [0, 0.05) is 13.0 Å². The number of rotatable bonds is 5. The zero-order valence-corrected chi connectivity index (χ0v) is 10.7. The number of benzene rings is 1. The average molecular weight is 234 g/mol. The summed E-state index contributed by atoms with van der Waals surface area (Å²) in [6, 6.07) is 7.19. The molecule has 0 aromatic heterocycles. The lowest BCUT2D eigenvalue weighted by atomic mass is 9.88. The van der Waals surface area contributed by atoms with Crippen molar-refractivity contribution in [3.05, 3.63) is 29.6 Å². The van der Waals surface area contributed by atoms with Gasteiger partial charge in [0.15, 0.2) is 0 Å². The molecule has 1 rings (SSSR count). The smallest absolute Gasteiger partial charge is 0.146 e. The zero-order valence-electron chi connectivity index (χ0n) is 10.7. The second-order valence-corrected chi connectivity index (χ2v) is 5.11. The Balaban J connectivity index is 2.64. The van der Waals surface area contributed by atoms with E-state index in [0.717, 1.165) is 12.0 Å². The number of aryl methyl sites for hydroxylation is 1. The SMILES string of the molecule is Cc1cccc(F)c1NCC(C)(C)CCC#N. The second-order valence-electron chi connectivity index (χ2n) is 5.11. The quantitative estimate of drug-likeness (QED) is 0.839. The number of nitrogens with zero attached hydrogens (tertiary/aromatic N) is 1. The summed E-state index contributed by atoms with van der Waals surface area (Å²) in [5.74, 6) is -0.221. The Morgan fingerprint density at radius 1 is 1.41 bits per heavy atom. The van der Waals surface area contributed by atoms with E-state index >= 15 is 0 Å². The van der Waals surface area contributed by atoms with Crippen molar-refractivity contribution in [3.8, 4) is 6.07 Å². The van der Waals surface area contributed by atoms with Gasteiger partial charge in [-0.2, -0.15) is 5.26 Å². The van der Waals surface area contributed by atoms with Crippen molar-refractivity contribution >= 4 is 5.69 Å². The first-order valence-corrected chi connectivity index (χ1v) is 5.82. The van der Waals surface area contributed by atoms with Gasteiger partial charge in [0.25, 0.3) is 0 Å². The Morgan fingerprint density at radius 3 is 2.71 bits per heavy atom. The van der Waals surface area contributed by atoms with Crippen LogP contribution in [-0.4, -0.2) is 6.54 Å². The van der Waals surface area contributed by atoms with Crippen molar-refractivity contribution in [2.75, 3.05) is 11.9 Å². The van der Waals surface area contributed by atoms with Crippen LogP contribution in [0.2, 0.25) is 0 Å². The van der Waals surface area contributed by atoms with Gasteiger partial charge >= 0.3 is 0 Å². The van der Waals surface area contributed by atoms with Crippen LogP contribution in [0.1, 0.15) is 32.3 Å². The van der Waals surface area contributed by atoms with Crippen LogP contribution in [0.25, 0.3) is 0 Å². The van der Waals surface area contributed by atoms with E-state index in [0.29, 0.717) is 18.7 Å². The molecule has 3 heteroatoms. The molecule has 0 saturated carbocycles. The van der Waals surface area contributed by atoms with Gasteiger partial charge in [-0.15, -0.1) is 0 Å². The Bertz CT molecular complexity index is 398. The van der Waals surface area contributed by atoms with Crippen molar-refractivity contribution in [1.82, 2.24) is 0 Å². The molecule has 0 aliphatic rings. The molecule has 92 valence electrons. The molecule has 2 nitrogen and oxygen atoms in total. The first kappa shape index (κ1) is 13.5. The number of anilines is 1. The minimum absolute atomic E-state index is 0.00947. The van der Waals surface area contributed by atoms with Gasteiger partial charge in [0.2, 0.25) is 0 Å². The first-order chi connectivity index (χ1) is 7.96. The highest BCUT2D eigenvalue weighted by atomic mass is 19.1. The molecule has 1 aromatic carbocycles. The lowest BCUT2D eigenvalue weighted by molar-refractivity contribution is 0.363. The van der Waals surface area contributed by atoms with E-state index in [2.05, 4.69) is 25.2 Å². The van der Waals surface area contributed by atoms with Gasteiger partial charge in [-0.3, -0.25) is 0 Å². The van der Waals surface area contributed by atoms with Crippen molar-refractivity contribution < 1.29 is 4.39 Å². The molecule has 0 aliphatic carbocycles. The molecule has 0 aliphatic heterocycles. The highest BCUT2D eigenvalue weighted by Gasteiger charge is 2.18. The van der Waals surface area contributed by atoms with Crippen molar-refractivity contribution in [1.29, 1.82) is 5.26 Å². The van der Waals surface area contributed by atoms with Crippen LogP contribution < -0.4 is 5.32 Å². The molecule has 1 aromatic rings. The fraction of sp³-hybridized carbons (Fsp3) is 0.500. The lowest BCUT2D eigenvalue weighted by Crippen LogP contribution is -2.23. The molecule has 0 radical (unpaired) electrons. The van der Waals surface area contributed by atoms with E-state index in [9.17, 15) is 4.39 Å². The number of hydrogen-bond acceptors (Lipinski definition) is 2. The zero-order chi connectivity index (χ0) is 12.9. The van der Waals surface area contributed by atoms with Crippen molar-refractivity contribution in [2.45, 2.75) is 33.6 Å². The third-order valence-electron chi connectivity index (χ3n) is 2.88. The van der Waals surface area contributed by atoms with Crippen LogP contribution in [0, 0.1) is 29.5 Å². The van der Waals surface area contributed by atoms with Gasteiger partial charge in [0.05, 0.1) is 11.8 Å². The average Bonchev–Trinajstić information content (AvgIpc) is 2.26. The van der Waals surface area contributed by atoms with Gasteiger partial charge in [-0.05, 0) is 30.4 Å². The Kier molecular flexibility index (Phi) is 4.51. The number of para-hydroxylation sites is 1. The van der Waals surface area contributed by atoms with E-state index in [1.165, 1.54) is 6.07 Å². The Labute approximate surface area is 102 Å². The molecular formula is C14H19FN2. The van der Waals surface area contributed by atoms with Crippen molar-refractivity contribution in [3.63, 3.8) is 0 Å². The van der Waals surface area contributed by atoms with E-state index < -0.39 is 0 Å². The Hall–Kier alpha value is -1.56. The van der Waals surface area contributed by atoms with Gasteiger partial charge in [-0.25, -0.2) is 4.39 Å². The molecule has 1 N–H and O–H groups in total. The van der Waals surface area contributed by atoms with Crippen LogP contribution in [0.4, 0.5) is 10.1 Å². The fourth-order valence-corrected chi connectivity index (χ4v) is 1.67. The Morgan fingerprint density at radius 2 is 2.12 bits per heavy atom. The normalized spacial score (nSPS) is 11.0. The third-order valence-corrected chi connectivity index (χ3v) is 2.88. The number of nitriles is 1. The molecule has 0 atom stereocenters. The van der Waals surface area contributed by atoms with Crippen LogP contribution in [-0.2, 0) is 0 Å². The first-order valence-electron chi connectivity index (χ1n) is 5.82. The maximum Gasteiger partial charge on any atom is 0.146 e.